The molecular formula is C20H31N7O5S. The van der Waals surface area contributed by atoms with Crippen LogP contribution in [-0.2, 0) is 25.6 Å². The molecule has 0 aliphatic carbocycles. The van der Waals surface area contributed by atoms with Crippen LogP contribution in [0.5, 0.6) is 0 Å². The molecule has 0 fully saturated rings. The van der Waals surface area contributed by atoms with Crippen molar-refractivity contribution in [1.29, 1.82) is 0 Å². The summed E-state index contributed by atoms with van der Waals surface area (Å²) in [5, 5.41) is 16.2. The van der Waals surface area contributed by atoms with Gasteiger partial charge < -0.3 is 38.3 Å². The maximum absolute atomic E-state index is 12.6. The van der Waals surface area contributed by atoms with Crippen molar-refractivity contribution in [3.05, 3.63) is 35.9 Å². The average molecular weight is 482 g/mol. The zero-order chi connectivity index (χ0) is 24.8. The number of carboxylic acids is 1. The number of carbonyl (C=O) groups excluding carboxylic acids is 3. The van der Waals surface area contributed by atoms with Gasteiger partial charge in [0.1, 0.15) is 12.1 Å². The number of aliphatic imine (C=N–C) groups is 1. The molecule has 0 aromatic heterocycles. The summed E-state index contributed by atoms with van der Waals surface area (Å²) in [5.41, 5.74) is 17.4. The standard InChI is InChI=1S/C20H31N7O5S/c21-13(9-12-5-2-1-3-6-12)17(29)27-14(7-4-8-24-20(22)23)18(30)25-10-16(28)26-15(11-33)19(31)32/h1-3,5-6,13-15,33H,4,7-11,21H2,(H,25,30)(H,26,28)(H,27,29)(H,31,32)(H4,22,23,24). The quantitative estimate of drug-likeness (QED) is 0.0624. The van der Waals surface area contributed by atoms with Crippen LogP contribution in [0, 0.1) is 0 Å². The summed E-state index contributed by atoms with van der Waals surface area (Å²) in [5.74, 6) is -3.34. The van der Waals surface area contributed by atoms with Gasteiger partial charge in [-0.1, -0.05) is 30.3 Å². The Morgan fingerprint density at radius 2 is 1.70 bits per heavy atom. The summed E-state index contributed by atoms with van der Waals surface area (Å²) in [4.78, 5) is 51.9. The Kier molecular flexibility index (Phi) is 12.3. The van der Waals surface area contributed by atoms with Crippen LogP contribution in [-0.4, -0.2) is 71.7 Å². The average Bonchev–Trinajstić information content (AvgIpc) is 2.77. The third kappa shape index (κ3) is 11.2. The molecule has 3 atom stereocenters. The van der Waals surface area contributed by atoms with Crippen LogP contribution in [0.4, 0.5) is 0 Å². The van der Waals surface area contributed by atoms with E-state index in [0.717, 1.165) is 5.56 Å². The first-order valence-electron chi connectivity index (χ1n) is 10.2. The number of guanidine groups is 1. The highest BCUT2D eigenvalue weighted by molar-refractivity contribution is 7.80. The summed E-state index contributed by atoms with van der Waals surface area (Å²) < 4.78 is 0. The minimum absolute atomic E-state index is 0.0984. The molecule has 182 valence electrons. The maximum atomic E-state index is 12.6. The lowest BCUT2D eigenvalue weighted by atomic mass is 10.0. The molecule has 0 spiro atoms. The molecule has 1 aromatic rings. The second-order valence-electron chi connectivity index (χ2n) is 7.16. The number of rotatable bonds is 14. The number of nitrogens with zero attached hydrogens (tertiary/aromatic N) is 1. The fourth-order valence-electron chi connectivity index (χ4n) is 2.73. The van der Waals surface area contributed by atoms with E-state index in [1.807, 2.05) is 30.3 Å². The van der Waals surface area contributed by atoms with Crippen molar-refractivity contribution >= 4 is 42.3 Å². The zero-order valence-electron chi connectivity index (χ0n) is 18.1. The van der Waals surface area contributed by atoms with E-state index in [-0.39, 0.29) is 31.1 Å². The van der Waals surface area contributed by atoms with E-state index in [2.05, 4.69) is 33.6 Å². The number of carboxylic acid groups (broad SMARTS) is 1. The number of nitrogens with one attached hydrogen (secondary N) is 3. The first-order chi connectivity index (χ1) is 15.6. The number of aliphatic carboxylic acids is 1. The van der Waals surface area contributed by atoms with Gasteiger partial charge in [-0.15, -0.1) is 0 Å². The monoisotopic (exact) mass is 481 g/mol. The molecule has 10 N–H and O–H groups in total. The third-order valence-electron chi connectivity index (χ3n) is 4.45. The molecule has 0 saturated heterocycles. The van der Waals surface area contributed by atoms with Gasteiger partial charge >= 0.3 is 5.97 Å². The van der Waals surface area contributed by atoms with E-state index in [1.54, 1.807) is 0 Å². The lowest BCUT2D eigenvalue weighted by Gasteiger charge is -2.21. The van der Waals surface area contributed by atoms with Gasteiger partial charge in [-0.3, -0.25) is 19.4 Å². The zero-order valence-corrected chi connectivity index (χ0v) is 19.0. The first-order valence-corrected chi connectivity index (χ1v) is 10.8. The van der Waals surface area contributed by atoms with E-state index in [1.165, 1.54) is 0 Å². The van der Waals surface area contributed by atoms with Gasteiger partial charge in [0.2, 0.25) is 17.7 Å². The predicted molar refractivity (Wildman–Crippen MR) is 126 cm³/mol. The van der Waals surface area contributed by atoms with Gasteiger partial charge in [0.15, 0.2) is 5.96 Å². The van der Waals surface area contributed by atoms with E-state index < -0.39 is 48.4 Å². The van der Waals surface area contributed by atoms with Crippen LogP contribution in [0.1, 0.15) is 18.4 Å². The topological polar surface area (TPSA) is 215 Å². The Bertz CT molecular complexity index is 833. The Labute approximate surface area is 197 Å². The van der Waals surface area contributed by atoms with Crippen molar-refractivity contribution in [3.8, 4) is 0 Å². The summed E-state index contributed by atoms with van der Waals surface area (Å²) in [6.45, 7) is -0.243. The number of hydrogen-bond acceptors (Lipinski definition) is 7. The van der Waals surface area contributed by atoms with Crippen molar-refractivity contribution in [1.82, 2.24) is 16.0 Å². The van der Waals surface area contributed by atoms with Gasteiger partial charge in [-0.05, 0) is 24.8 Å². The molecule has 0 bridgehead atoms. The lowest BCUT2D eigenvalue weighted by molar-refractivity contribution is -0.141. The molecule has 3 amide bonds. The smallest absolute Gasteiger partial charge is 0.327 e. The van der Waals surface area contributed by atoms with E-state index in [4.69, 9.17) is 22.3 Å². The van der Waals surface area contributed by atoms with Crippen molar-refractivity contribution in [2.45, 2.75) is 37.4 Å². The SMILES string of the molecule is NC(N)=NCCCC(NC(=O)C(N)Cc1ccccc1)C(=O)NCC(=O)NC(CS)C(=O)O. The fraction of sp³-hybridized carbons (Fsp3) is 0.450. The van der Waals surface area contributed by atoms with E-state index in [9.17, 15) is 19.2 Å². The largest absolute Gasteiger partial charge is 0.480 e. The van der Waals surface area contributed by atoms with Crippen LogP contribution >= 0.6 is 12.6 Å². The number of hydrogen-bond donors (Lipinski definition) is 8. The predicted octanol–water partition coefficient (Wildman–Crippen LogP) is -2.29. The second-order valence-corrected chi connectivity index (χ2v) is 7.53. The molecule has 0 aliphatic rings. The van der Waals surface area contributed by atoms with Crippen molar-refractivity contribution in [2.75, 3.05) is 18.8 Å². The van der Waals surface area contributed by atoms with Crippen molar-refractivity contribution in [3.63, 3.8) is 0 Å². The molecule has 1 aromatic carbocycles. The number of carbonyl (C=O) groups is 4. The van der Waals surface area contributed by atoms with Crippen molar-refractivity contribution in [2.24, 2.45) is 22.2 Å². The molecule has 3 unspecified atom stereocenters. The third-order valence-corrected chi connectivity index (χ3v) is 4.82. The Balaban J connectivity index is 2.71. The molecule has 0 aliphatic heterocycles. The normalized spacial score (nSPS) is 13.2. The highest BCUT2D eigenvalue weighted by atomic mass is 32.1. The fourth-order valence-corrected chi connectivity index (χ4v) is 2.98. The summed E-state index contributed by atoms with van der Waals surface area (Å²) in [6, 6.07) is 6.08. The number of benzene rings is 1. The Morgan fingerprint density at radius 3 is 2.27 bits per heavy atom. The van der Waals surface area contributed by atoms with Gasteiger partial charge in [-0.2, -0.15) is 12.6 Å². The van der Waals surface area contributed by atoms with Crippen LogP contribution in [0.3, 0.4) is 0 Å². The van der Waals surface area contributed by atoms with Crippen LogP contribution in [0.15, 0.2) is 35.3 Å². The molecule has 12 nitrogen and oxygen atoms in total. The minimum Gasteiger partial charge on any atom is -0.480 e. The summed E-state index contributed by atoms with van der Waals surface area (Å²) >= 11 is 3.85. The molecule has 13 heteroatoms. The first kappa shape index (κ1) is 27.7. The van der Waals surface area contributed by atoms with Crippen LogP contribution in [0.25, 0.3) is 0 Å². The molecule has 1 rings (SSSR count). The van der Waals surface area contributed by atoms with Gasteiger partial charge in [0, 0.05) is 12.3 Å². The van der Waals surface area contributed by atoms with Gasteiger partial charge in [0.25, 0.3) is 0 Å². The highest BCUT2D eigenvalue weighted by Crippen LogP contribution is 2.04. The Morgan fingerprint density at radius 1 is 1.03 bits per heavy atom. The number of thiol groups is 1. The highest BCUT2D eigenvalue weighted by Gasteiger charge is 2.25. The molecule has 0 saturated carbocycles. The Hall–Kier alpha value is -3.32. The molecule has 0 radical (unpaired) electrons. The second kappa shape index (κ2) is 14.7. The van der Waals surface area contributed by atoms with E-state index >= 15 is 0 Å². The number of amides is 3. The lowest BCUT2D eigenvalue weighted by Crippen LogP contribution is -2.54. The van der Waals surface area contributed by atoms with Gasteiger partial charge in [-0.25, -0.2) is 4.79 Å². The van der Waals surface area contributed by atoms with Crippen LogP contribution in [0.2, 0.25) is 0 Å². The maximum Gasteiger partial charge on any atom is 0.327 e. The van der Waals surface area contributed by atoms with E-state index in [0.29, 0.717) is 6.42 Å². The van der Waals surface area contributed by atoms with Crippen LogP contribution < -0.4 is 33.2 Å². The molecule has 33 heavy (non-hydrogen) atoms. The van der Waals surface area contributed by atoms with Crippen molar-refractivity contribution < 1.29 is 24.3 Å². The molecular weight excluding hydrogens is 450 g/mol. The van der Waals surface area contributed by atoms with Gasteiger partial charge in [0.05, 0.1) is 12.6 Å². The summed E-state index contributed by atoms with van der Waals surface area (Å²) in [7, 11) is 0. The minimum atomic E-state index is -1.25. The summed E-state index contributed by atoms with van der Waals surface area (Å²) in [6.07, 6.45) is 0.831. The molecule has 0 heterocycles. The number of nitrogens with two attached hydrogens (primary N) is 3.